The van der Waals surface area contributed by atoms with Gasteiger partial charge in [0.25, 0.3) is 0 Å². The number of esters is 1. The van der Waals surface area contributed by atoms with Crippen LogP contribution in [0.5, 0.6) is 17.2 Å². The summed E-state index contributed by atoms with van der Waals surface area (Å²) in [6.07, 6.45) is 0. The quantitative estimate of drug-likeness (QED) is 0.521. The highest BCUT2D eigenvalue weighted by molar-refractivity contribution is 5.92. The molecule has 1 unspecified atom stereocenters. The molecule has 1 aliphatic heterocycles. The van der Waals surface area contributed by atoms with Gasteiger partial charge < -0.3 is 24.3 Å². The summed E-state index contributed by atoms with van der Waals surface area (Å²) in [7, 11) is 4.55. The Hall–Kier alpha value is -4.08. The number of carbonyl (C=O) groups excluding carboxylic acids is 1. The van der Waals surface area contributed by atoms with Crippen LogP contribution >= 0.6 is 0 Å². The molecule has 1 aliphatic rings. The zero-order valence-corrected chi connectivity index (χ0v) is 19.5. The van der Waals surface area contributed by atoms with Crippen molar-refractivity contribution < 1.29 is 28.1 Å². The van der Waals surface area contributed by atoms with E-state index in [0.29, 0.717) is 51.4 Å². The number of nitrogens with zero attached hydrogens (tertiary/aromatic N) is 3. The zero-order chi connectivity index (χ0) is 24.4. The fourth-order valence-corrected chi connectivity index (χ4v) is 3.91. The number of anilines is 1. The molecule has 1 atom stereocenters. The third-order valence-corrected chi connectivity index (χ3v) is 5.45. The predicted molar refractivity (Wildman–Crippen MR) is 123 cm³/mol. The van der Waals surface area contributed by atoms with Gasteiger partial charge in [0.1, 0.15) is 11.9 Å². The maximum Gasteiger partial charge on any atom is 0.338 e. The average Bonchev–Trinajstić information content (AvgIpc) is 3.26. The Labute approximate surface area is 196 Å². The van der Waals surface area contributed by atoms with Crippen LogP contribution in [0.3, 0.4) is 0 Å². The van der Waals surface area contributed by atoms with Gasteiger partial charge in [0.15, 0.2) is 17.3 Å². The number of halogens is 1. The molecule has 0 bridgehead atoms. The number of rotatable bonds is 7. The Morgan fingerprint density at radius 2 is 1.74 bits per heavy atom. The molecule has 9 nitrogen and oxygen atoms in total. The summed E-state index contributed by atoms with van der Waals surface area (Å²) in [4.78, 5) is 17.6. The van der Waals surface area contributed by atoms with Crippen LogP contribution in [0.1, 0.15) is 25.5 Å². The van der Waals surface area contributed by atoms with E-state index in [1.54, 1.807) is 42.8 Å². The smallest absolute Gasteiger partial charge is 0.338 e. The molecule has 2 heterocycles. The molecular weight excluding hydrogens is 443 g/mol. The van der Waals surface area contributed by atoms with E-state index >= 15 is 0 Å². The summed E-state index contributed by atoms with van der Waals surface area (Å²) < 4.78 is 36.9. The fourth-order valence-electron chi connectivity index (χ4n) is 3.91. The van der Waals surface area contributed by atoms with Crippen molar-refractivity contribution in [2.45, 2.75) is 19.9 Å². The monoisotopic (exact) mass is 468 g/mol. The Balaban J connectivity index is 1.92. The van der Waals surface area contributed by atoms with Gasteiger partial charge in [-0.05, 0) is 55.8 Å². The largest absolute Gasteiger partial charge is 0.493 e. The lowest BCUT2D eigenvalue weighted by Gasteiger charge is -2.28. The van der Waals surface area contributed by atoms with Crippen LogP contribution in [0, 0.1) is 5.82 Å². The minimum Gasteiger partial charge on any atom is -0.493 e. The maximum atomic E-state index is 13.4. The SMILES string of the molecule is CCOC(=O)C1=C(C)Nc2nc(-c3ccc(F)cc3)nn2C1c1cc(OC)c(OC)c(OC)c1. The topological polar surface area (TPSA) is 96.7 Å². The van der Waals surface area contributed by atoms with E-state index in [-0.39, 0.29) is 12.4 Å². The molecule has 0 saturated carbocycles. The number of ether oxygens (including phenoxy) is 4. The van der Waals surface area contributed by atoms with Gasteiger partial charge in [0.2, 0.25) is 11.7 Å². The third kappa shape index (κ3) is 4.02. The van der Waals surface area contributed by atoms with Gasteiger partial charge in [-0.15, -0.1) is 5.10 Å². The second kappa shape index (κ2) is 9.42. The first kappa shape index (κ1) is 23.1. The number of hydrogen-bond acceptors (Lipinski definition) is 8. The van der Waals surface area contributed by atoms with Crippen molar-refractivity contribution in [2.75, 3.05) is 33.3 Å². The van der Waals surface area contributed by atoms with Crippen LogP contribution < -0.4 is 19.5 Å². The molecule has 3 aromatic rings. The molecule has 0 spiro atoms. The summed E-state index contributed by atoms with van der Waals surface area (Å²) in [5, 5.41) is 7.79. The van der Waals surface area contributed by atoms with Gasteiger partial charge in [-0.3, -0.25) is 0 Å². The normalized spacial score (nSPS) is 14.8. The Morgan fingerprint density at radius 1 is 1.09 bits per heavy atom. The van der Waals surface area contributed by atoms with E-state index < -0.39 is 12.0 Å². The van der Waals surface area contributed by atoms with E-state index in [9.17, 15) is 9.18 Å². The molecule has 10 heteroatoms. The van der Waals surface area contributed by atoms with E-state index in [0.717, 1.165) is 0 Å². The second-order valence-corrected chi connectivity index (χ2v) is 7.46. The van der Waals surface area contributed by atoms with Crippen LogP contribution in [-0.4, -0.2) is 48.7 Å². The highest BCUT2D eigenvalue weighted by atomic mass is 19.1. The van der Waals surface area contributed by atoms with Crippen molar-refractivity contribution >= 4 is 11.9 Å². The molecule has 0 radical (unpaired) electrons. The zero-order valence-electron chi connectivity index (χ0n) is 19.5. The van der Waals surface area contributed by atoms with Crippen LogP contribution in [0.15, 0.2) is 47.7 Å². The minimum atomic E-state index is -0.703. The number of hydrogen-bond donors (Lipinski definition) is 1. The summed E-state index contributed by atoms with van der Waals surface area (Å²) in [5.41, 5.74) is 2.21. The third-order valence-electron chi connectivity index (χ3n) is 5.45. The van der Waals surface area contributed by atoms with Gasteiger partial charge in [-0.1, -0.05) is 0 Å². The summed E-state index contributed by atoms with van der Waals surface area (Å²) in [6.45, 7) is 3.72. The van der Waals surface area contributed by atoms with E-state index in [2.05, 4.69) is 15.4 Å². The average molecular weight is 468 g/mol. The molecule has 1 N–H and O–H groups in total. The second-order valence-electron chi connectivity index (χ2n) is 7.46. The van der Waals surface area contributed by atoms with Gasteiger partial charge in [0.05, 0.1) is 33.5 Å². The van der Waals surface area contributed by atoms with Crippen LogP contribution in [-0.2, 0) is 9.53 Å². The van der Waals surface area contributed by atoms with E-state index in [1.807, 2.05) is 0 Å². The lowest BCUT2D eigenvalue weighted by molar-refractivity contribution is -0.139. The maximum absolute atomic E-state index is 13.4. The molecule has 0 aliphatic carbocycles. The van der Waals surface area contributed by atoms with Crippen LogP contribution in [0.4, 0.5) is 10.3 Å². The van der Waals surface area contributed by atoms with Crippen molar-refractivity contribution in [1.82, 2.24) is 14.8 Å². The molecule has 0 saturated heterocycles. The molecule has 34 heavy (non-hydrogen) atoms. The summed E-state index contributed by atoms with van der Waals surface area (Å²) >= 11 is 0. The Kier molecular flexibility index (Phi) is 6.40. The lowest BCUT2D eigenvalue weighted by atomic mass is 9.95. The summed E-state index contributed by atoms with van der Waals surface area (Å²) in [5.74, 6) is 1.22. The van der Waals surface area contributed by atoms with Crippen molar-refractivity contribution in [3.05, 3.63) is 59.0 Å². The number of methoxy groups -OCH3 is 3. The molecule has 178 valence electrons. The number of carbonyl (C=O) groups is 1. The molecular formula is C24H25FN4O5. The summed E-state index contributed by atoms with van der Waals surface area (Å²) in [6, 6.07) is 8.68. The van der Waals surface area contributed by atoms with E-state index in [1.165, 1.54) is 33.5 Å². The first-order valence-corrected chi connectivity index (χ1v) is 10.6. The highest BCUT2D eigenvalue weighted by Gasteiger charge is 2.36. The lowest BCUT2D eigenvalue weighted by Crippen LogP contribution is -2.29. The van der Waals surface area contributed by atoms with Gasteiger partial charge in [0, 0.05) is 11.3 Å². The first-order chi connectivity index (χ1) is 16.4. The number of nitrogens with one attached hydrogen (secondary N) is 1. The molecule has 1 aromatic heterocycles. The number of aromatic nitrogens is 3. The Morgan fingerprint density at radius 3 is 2.29 bits per heavy atom. The van der Waals surface area contributed by atoms with Crippen molar-refractivity contribution in [2.24, 2.45) is 0 Å². The van der Waals surface area contributed by atoms with Crippen LogP contribution in [0.2, 0.25) is 0 Å². The van der Waals surface area contributed by atoms with Gasteiger partial charge in [-0.2, -0.15) is 4.98 Å². The standard InChI is InChI=1S/C24H25FN4O5/c1-6-34-23(30)19-13(2)26-24-27-22(14-7-9-16(25)10-8-14)28-29(24)20(19)15-11-17(31-3)21(33-5)18(12-15)32-4/h7-12,20H,6H2,1-5H3,(H,26,27,28). The number of benzene rings is 2. The molecule has 0 fully saturated rings. The van der Waals surface area contributed by atoms with Gasteiger partial charge in [-0.25, -0.2) is 13.9 Å². The first-order valence-electron chi connectivity index (χ1n) is 10.6. The van der Waals surface area contributed by atoms with Crippen molar-refractivity contribution in [3.8, 4) is 28.6 Å². The van der Waals surface area contributed by atoms with Crippen LogP contribution in [0.25, 0.3) is 11.4 Å². The van der Waals surface area contributed by atoms with E-state index in [4.69, 9.17) is 18.9 Å². The van der Waals surface area contributed by atoms with Crippen molar-refractivity contribution in [3.63, 3.8) is 0 Å². The highest BCUT2D eigenvalue weighted by Crippen LogP contribution is 2.44. The molecule has 0 amide bonds. The Bertz CT molecular complexity index is 1230. The molecule has 4 rings (SSSR count). The minimum absolute atomic E-state index is 0.211. The van der Waals surface area contributed by atoms with Crippen molar-refractivity contribution in [1.29, 1.82) is 0 Å². The number of allylic oxidation sites excluding steroid dienone is 1. The molecule has 2 aromatic carbocycles. The van der Waals surface area contributed by atoms with Gasteiger partial charge >= 0.3 is 5.97 Å². The predicted octanol–water partition coefficient (Wildman–Crippen LogP) is 3.96. The fraction of sp³-hybridized carbons (Fsp3) is 0.292. The number of fused-ring (bicyclic) bond motifs is 1.